The predicted molar refractivity (Wildman–Crippen MR) is 86.2 cm³/mol. The van der Waals surface area contributed by atoms with Crippen LogP contribution in [0.3, 0.4) is 0 Å². The largest absolute Gasteiger partial charge is 0.508 e. The predicted octanol–water partition coefficient (Wildman–Crippen LogP) is 2.61. The molecule has 0 saturated heterocycles. The third kappa shape index (κ3) is 3.20. The number of fused-ring (bicyclic) bond motifs is 1. The first kappa shape index (κ1) is 14.4. The van der Waals surface area contributed by atoms with Crippen LogP contribution in [0.15, 0.2) is 42.5 Å². The molecule has 3 N–H and O–H groups in total. The van der Waals surface area contributed by atoms with Crippen LogP contribution in [-0.2, 0) is 13.0 Å². The molecule has 0 amide bonds. The normalized spacial score (nSPS) is 11.0. The van der Waals surface area contributed by atoms with Crippen molar-refractivity contribution in [1.29, 1.82) is 0 Å². The number of H-pyrrole nitrogens is 1. The van der Waals surface area contributed by atoms with E-state index in [1.54, 1.807) is 19.2 Å². The van der Waals surface area contributed by atoms with Crippen LogP contribution >= 0.6 is 0 Å². The van der Waals surface area contributed by atoms with Crippen molar-refractivity contribution in [2.24, 2.45) is 0 Å². The minimum Gasteiger partial charge on any atom is -0.508 e. The molecule has 0 saturated carbocycles. The van der Waals surface area contributed by atoms with Gasteiger partial charge in [-0.2, -0.15) is 0 Å². The number of nitrogens with one attached hydrogen (secondary N) is 2. The van der Waals surface area contributed by atoms with E-state index in [1.165, 1.54) is 0 Å². The van der Waals surface area contributed by atoms with Crippen LogP contribution in [0.1, 0.15) is 11.4 Å². The number of methoxy groups -OCH3 is 1. The Morgan fingerprint density at radius 2 is 2.09 bits per heavy atom. The third-order valence-electron chi connectivity index (χ3n) is 3.56. The molecule has 0 spiro atoms. The van der Waals surface area contributed by atoms with E-state index in [9.17, 15) is 5.11 Å². The van der Waals surface area contributed by atoms with Crippen LogP contribution in [0, 0.1) is 0 Å². The number of para-hydroxylation sites is 1. The van der Waals surface area contributed by atoms with Crippen LogP contribution in [-0.4, -0.2) is 28.7 Å². The van der Waals surface area contributed by atoms with Gasteiger partial charge in [-0.25, -0.2) is 4.98 Å². The van der Waals surface area contributed by atoms with Crippen LogP contribution in [0.2, 0.25) is 0 Å². The van der Waals surface area contributed by atoms with Crippen molar-refractivity contribution in [2.75, 3.05) is 13.7 Å². The van der Waals surface area contributed by atoms with Gasteiger partial charge in [-0.1, -0.05) is 18.2 Å². The number of hydrogen-bond acceptors (Lipinski definition) is 4. The van der Waals surface area contributed by atoms with E-state index in [0.717, 1.165) is 47.7 Å². The van der Waals surface area contributed by atoms with Gasteiger partial charge in [0, 0.05) is 31.1 Å². The maximum absolute atomic E-state index is 9.46. The summed E-state index contributed by atoms with van der Waals surface area (Å²) in [6, 6.07) is 13.1. The second-order valence-electron chi connectivity index (χ2n) is 5.12. The molecule has 22 heavy (non-hydrogen) atoms. The number of aromatic amines is 1. The number of ether oxygens (including phenoxy) is 1. The van der Waals surface area contributed by atoms with Gasteiger partial charge in [-0.3, -0.25) is 0 Å². The Balaban J connectivity index is 1.56. The number of aromatic nitrogens is 2. The molecule has 0 atom stereocenters. The van der Waals surface area contributed by atoms with Gasteiger partial charge in [-0.05, 0) is 18.2 Å². The van der Waals surface area contributed by atoms with Crippen LogP contribution in [0.5, 0.6) is 11.5 Å². The SMILES string of the molecule is COc1ccccc1CNCCc1nc2ccc(O)cc2[nH]1. The van der Waals surface area contributed by atoms with E-state index in [-0.39, 0.29) is 5.75 Å². The second kappa shape index (κ2) is 6.49. The summed E-state index contributed by atoms with van der Waals surface area (Å²) < 4.78 is 5.33. The topological polar surface area (TPSA) is 70.2 Å². The molecule has 0 radical (unpaired) electrons. The van der Waals surface area contributed by atoms with E-state index in [1.807, 2.05) is 24.3 Å². The number of rotatable bonds is 6. The van der Waals surface area contributed by atoms with Gasteiger partial charge < -0.3 is 20.1 Å². The maximum atomic E-state index is 9.46. The standard InChI is InChI=1S/C17H19N3O2/c1-22-16-5-3-2-4-12(16)11-18-9-8-17-19-14-7-6-13(21)10-15(14)20-17/h2-7,10,18,21H,8-9,11H2,1H3,(H,19,20). The third-order valence-corrected chi connectivity index (χ3v) is 3.56. The Morgan fingerprint density at radius 3 is 2.95 bits per heavy atom. The summed E-state index contributed by atoms with van der Waals surface area (Å²) >= 11 is 0. The molecule has 0 aliphatic carbocycles. The summed E-state index contributed by atoms with van der Waals surface area (Å²) in [5.74, 6) is 2.05. The lowest BCUT2D eigenvalue weighted by Crippen LogP contribution is -2.17. The van der Waals surface area contributed by atoms with Gasteiger partial charge >= 0.3 is 0 Å². The van der Waals surface area contributed by atoms with Gasteiger partial charge in [0.2, 0.25) is 0 Å². The van der Waals surface area contributed by atoms with Crippen molar-refractivity contribution < 1.29 is 9.84 Å². The van der Waals surface area contributed by atoms with E-state index in [4.69, 9.17) is 4.74 Å². The maximum Gasteiger partial charge on any atom is 0.123 e. The number of hydrogen-bond donors (Lipinski definition) is 3. The zero-order valence-corrected chi connectivity index (χ0v) is 12.5. The molecule has 2 aromatic carbocycles. The number of benzene rings is 2. The number of nitrogens with zero attached hydrogens (tertiary/aromatic N) is 1. The minimum atomic E-state index is 0.247. The quantitative estimate of drug-likeness (QED) is 0.612. The first-order chi connectivity index (χ1) is 10.8. The highest BCUT2D eigenvalue weighted by molar-refractivity contribution is 5.76. The van der Waals surface area contributed by atoms with Crippen molar-refractivity contribution >= 4 is 11.0 Å². The Kier molecular flexibility index (Phi) is 4.25. The summed E-state index contributed by atoms with van der Waals surface area (Å²) in [4.78, 5) is 7.72. The summed E-state index contributed by atoms with van der Waals surface area (Å²) in [6.45, 7) is 1.56. The lowest BCUT2D eigenvalue weighted by molar-refractivity contribution is 0.408. The van der Waals surface area contributed by atoms with Crippen molar-refractivity contribution in [1.82, 2.24) is 15.3 Å². The monoisotopic (exact) mass is 297 g/mol. The number of imidazole rings is 1. The molecule has 3 aromatic rings. The van der Waals surface area contributed by atoms with Crippen LogP contribution < -0.4 is 10.1 Å². The van der Waals surface area contributed by atoms with Crippen molar-refractivity contribution in [2.45, 2.75) is 13.0 Å². The van der Waals surface area contributed by atoms with E-state index >= 15 is 0 Å². The minimum absolute atomic E-state index is 0.247. The fraction of sp³-hybridized carbons (Fsp3) is 0.235. The molecular weight excluding hydrogens is 278 g/mol. The van der Waals surface area contributed by atoms with E-state index in [2.05, 4.69) is 21.4 Å². The molecule has 5 heteroatoms. The Morgan fingerprint density at radius 1 is 1.23 bits per heavy atom. The zero-order chi connectivity index (χ0) is 15.4. The Hall–Kier alpha value is -2.53. The lowest BCUT2D eigenvalue weighted by Gasteiger charge is -2.08. The highest BCUT2D eigenvalue weighted by atomic mass is 16.5. The van der Waals surface area contributed by atoms with Crippen molar-refractivity contribution in [3.05, 3.63) is 53.9 Å². The average molecular weight is 297 g/mol. The second-order valence-corrected chi connectivity index (χ2v) is 5.12. The summed E-state index contributed by atoms with van der Waals surface area (Å²) in [7, 11) is 1.68. The average Bonchev–Trinajstić information content (AvgIpc) is 2.93. The number of phenols is 1. The summed E-state index contributed by atoms with van der Waals surface area (Å²) in [5.41, 5.74) is 2.87. The van der Waals surface area contributed by atoms with Gasteiger partial charge in [0.15, 0.2) is 0 Å². The smallest absolute Gasteiger partial charge is 0.123 e. The molecule has 3 rings (SSSR count). The Bertz CT molecular complexity index is 767. The van der Waals surface area contributed by atoms with Crippen molar-refractivity contribution in [3.63, 3.8) is 0 Å². The lowest BCUT2D eigenvalue weighted by atomic mass is 10.2. The molecule has 5 nitrogen and oxygen atoms in total. The van der Waals surface area contributed by atoms with E-state index < -0.39 is 0 Å². The molecule has 114 valence electrons. The fourth-order valence-corrected chi connectivity index (χ4v) is 2.45. The molecule has 0 fully saturated rings. The highest BCUT2D eigenvalue weighted by Gasteiger charge is 2.04. The van der Waals surface area contributed by atoms with Gasteiger partial charge in [0.05, 0.1) is 18.1 Å². The molecule has 0 aliphatic rings. The van der Waals surface area contributed by atoms with E-state index in [0.29, 0.717) is 0 Å². The molecule has 1 aromatic heterocycles. The highest BCUT2D eigenvalue weighted by Crippen LogP contribution is 2.18. The van der Waals surface area contributed by atoms with Crippen molar-refractivity contribution in [3.8, 4) is 11.5 Å². The molecule has 0 aliphatic heterocycles. The summed E-state index contributed by atoms with van der Waals surface area (Å²) in [6.07, 6.45) is 0.796. The zero-order valence-electron chi connectivity index (χ0n) is 12.5. The number of aromatic hydroxyl groups is 1. The van der Waals surface area contributed by atoms with Gasteiger partial charge in [-0.15, -0.1) is 0 Å². The van der Waals surface area contributed by atoms with Crippen LogP contribution in [0.25, 0.3) is 11.0 Å². The molecule has 1 heterocycles. The van der Waals surface area contributed by atoms with Gasteiger partial charge in [0.1, 0.15) is 17.3 Å². The molecular formula is C17H19N3O2. The fourth-order valence-electron chi connectivity index (χ4n) is 2.45. The summed E-state index contributed by atoms with van der Waals surface area (Å²) in [5, 5.41) is 12.8. The molecule has 0 unspecified atom stereocenters. The molecule has 0 bridgehead atoms. The Labute approximate surface area is 129 Å². The van der Waals surface area contributed by atoms with Crippen LogP contribution in [0.4, 0.5) is 0 Å². The first-order valence-corrected chi connectivity index (χ1v) is 7.26. The number of phenolic OH excluding ortho intramolecular Hbond substituents is 1. The van der Waals surface area contributed by atoms with Gasteiger partial charge in [0.25, 0.3) is 0 Å². The first-order valence-electron chi connectivity index (χ1n) is 7.26.